The summed E-state index contributed by atoms with van der Waals surface area (Å²) in [5.74, 6) is 0. The molecule has 0 aliphatic rings. The summed E-state index contributed by atoms with van der Waals surface area (Å²) in [5, 5.41) is 2.27. The van der Waals surface area contributed by atoms with E-state index in [1.807, 2.05) is 36.9 Å². The molecule has 5 aromatic heterocycles. The van der Waals surface area contributed by atoms with Crippen LogP contribution >= 0.6 is 22.7 Å². The van der Waals surface area contributed by atoms with E-state index in [-0.39, 0.29) is 0 Å². The van der Waals surface area contributed by atoms with Gasteiger partial charge in [0.05, 0.1) is 23.8 Å². The maximum atomic E-state index is 4.44. The Morgan fingerprint density at radius 1 is 0.389 bits per heavy atom. The van der Waals surface area contributed by atoms with Crippen LogP contribution in [0.3, 0.4) is 0 Å². The molecule has 0 fully saturated rings. The number of hydrogen-bond acceptors (Lipinski definition) is 6. The second-order valence-electron chi connectivity index (χ2n) is 12.9. The Hall–Kier alpha value is -6.54. The summed E-state index contributed by atoms with van der Waals surface area (Å²) in [4.78, 5) is 15.9. The Bertz CT molecular complexity index is 2410. The summed E-state index contributed by atoms with van der Waals surface area (Å²) >= 11 is 3.55. The van der Waals surface area contributed by atoms with E-state index in [1.165, 1.54) is 20.9 Å². The van der Waals surface area contributed by atoms with Crippen LogP contribution < -0.4 is 9.80 Å². The van der Waals surface area contributed by atoms with Gasteiger partial charge < -0.3 is 14.4 Å². The fraction of sp³-hybridized carbons (Fsp3) is 0.0213. The van der Waals surface area contributed by atoms with E-state index in [2.05, 4.69) is 189 Å². The number of aromatic nitrogens is 3. The zero-order valence-corrected chi connectivity index (χ0v) is 31.2. The molecule has 0 N–H and O–H groups in total. The fourth-order valence-electron chi connectivity index (χ4n) is 6.84. The van der Waals surface area contributed by atoms with Crippen molar-refractivity contribution in [2.24, 2.45) is 7.05 Å². The van der Waals surface area contributed by atoms with Gasteiger partial charge in [0.15, 0.2) is 0 Å². The van der Waals surface area contributed by atoms with Crippen LogP contribution in [0.25, 0.3) is 43.4 Å². The lowest BCUT2D eigenvalue weighted by atomic mass is 10.1. The van der Waals surface area contributed by atoms with E-state index >= 15 is 0 Å². The molecular formula is C47H35N5S2. The molecule has 0 spiro atoms. The van der Waals surface area contributed by atoms with Gasteiger partial charge in [0.25, 0.3) is 0 Å². The topological polar surface area (TPSA) is 37.2 Å². The third kappa shape index (κ3) is 6.63. The quantitative estimate of drug-likeness (QED) is 0.140. The summed E-state index contributed by atoms with van der Waals surface area (Å²) < 4.78 is 2.28. The average Bonchev–Trinajstić information content (AvgIpc) is 4.02. The molecule has 7 heteroatoms. The summed E-state index contributed by atoms with van der Waals surface area (Å²) in [6, 6.07) is 60.1. The highest BCUT2D eigenvalue weighted by atomic mass is 32.1. The van der Waals surface area contributed by atoms with E-state index < -0.39 is 0 Å². The number of pyridine rings is 2. The minimum absolute atomic E-state index is 1.02. The molecule has 0 unspecified atom stereocenters. The van der Waals surface area contributed by atoms with E-state index in [9.17, 15) is 0 Å². The molecule has 0 radical (unpaired) electrons. The Kier molecular flexibility index (Phi) is 9.15. The minimum Gasteiger partial charge on any atom is -0.344 e. The maximum Gasteiger partial charge on any atom is 0.101 e. The van der Waals surface area contributed by atoms with Crippen molar-refractivity contribution in [2.45, 2.75) is 0 Å². The van der Waals surface area contributed by atoms with Crippen LogP contribution in [0.15, 0.2) is 195 Å². The van der Waals surface area contributed by atoms with Crippen LogP contribution in [0.2, 0.25) is 0 Å². The molecule has 5 nitrogen and oxygen atoms in total. The third-order valence-corrected chi connectivity index (χ3v) is 11.8. The summed E-state index contributed by atoms with van der Waals surface area (Å²) in [6.07, 6.45) is 7.47. The highest BCUT2D eigenvalue weighted by molar-refractivity contribution is 7.19. The van der Waals surface area contributed by atoms with E-state index in [4.69, 9.17) is 0 Å². The number of hydrogen-bond donors (Lipinski definition) is 0. The third-order valence-electron chi connectivity index (χ3n) is 9.51. The van der Waals surface area contributed by atoms with Gasteiger partial charge in [-0.3, -0.25) is 9.97 Å². The van der Waals surface area contributed by atoms with Gasteiger partial charge >= 0.3 is 0 Å². The molecular weight excluding hydrogens is 699 g/mol. The van der Waals surface area contributed by atoms with Crippen molar-refractivity contribution in [1.29, 1.82) is 0 Å². The largest absolute Gasteiger partial charge is 0.344 e. The van der Waals surface area contributed by atoms with Crippen molar-refractivity contribution < 1.29 is 0 Å². The molecule has 54 heavy (non-hydrogen) atoms. The predicted octanol–water partition coefficient (Wildman–Crippen LogP) is 13.5. The van der Waals surface area contributed by atoms with Crippen molar-refractivity contribution in [3.63, 3.8) is 0 Å². The van der Waals surface area contributed by atoms with E-state index in [1.54, 1.807) is 22.7 Å². The summed E-state index contributed by atoms with van der Waals surface area (Å²) in [7, 11) is 2.14. The van der Waals surface area contributed by atoms with Gasteiger partial charge in [-0.15, -0.1) is 22.7 Å². The van der Waals surface area contributed by atoms with Crippen LogP contribution in [-0.4, -0.2) is 14.5 Å². The Morgan fingerprint density at radius 3 is 1.20 bits per heavy atom. The lowest BCUT2D eigenvalue weighted by Gasteiger charge is -2.23. The van der Waals surface area contributed by atoms with Gasteiger partial charge in [0.2, 0.25) is 0 Å². The smallest absolute Gasteiger partial charge is 0.101 e. The van der Waals surface area contributed by atoms with Crippen molar-refractivity contribution in [1.82, 2.24) is 14.5 Å². The van der Waals surface area contributed by atoms with Crippen molar-refractivity contribution in [3.8, 4) is 43.4 Å². The number of nitrogens with zero attached hydrogens (tertiary/aromatic N) is 5. The van der Waals surface area contributed by atoms with E-state index in [0.717, 1.165) is 55.3 Å². The van der Waals surface area contributed by atoms with Gasteiger partial charge in [0.1, 0.15) is 10.0 Å². The van der Waals surface area contributed by atoms with Crippen LogP contribution in [-0.2, 0) is 7.05 Å². The first-order valence-electron chi connectivity index (χ1n) is 17.8. The average molecular weight is 734 g/mol. The molecule has 0 amide bonds. The number of benzene rings is 4. The van der Waals surface area contributed by atoms with Gasteiger partial charge in [0, 0.05) is 52.0 Å². The normalized spacial score (nSPS) is 11.1. The molecule has 0 saturated carbocycles. The first-order chi connectivity index (χ1) is 26.7. The SMILES string of the molecule is Cn1c(-c2ccc(N(c3cccnc3)c3ccc(-c4ccccc4)s3)cc2)ccc1-c1ccc(N(c2cccnc2)c2ccc(-c3ccccc3)s2)cc1. The molecule has 260 valence electrons. The predicted molar refractivity (Wildman–Crippen MR) is 228 cm³/mol. The number of rotatable bonds is 10. The van der Waals surface area contributed by atoms with Crippen LogP contribution in [0, 0.1) is 0 Å². The van der Waals surface area contributed by atoms with Crippen LogP contribution in [0.1, 0.15) is 0 Å². The first-order valence-corrected chi connectivity index (χ1v) is 19.4. The van der Waals surface area contributed by atoms with Gasteiger partial charge in [-0.05, 0) is 107 Å². The zero-order chi connectivity index (χ0) is 36.3. The monoisotopic (exact) mass is 733 g/mol. The highest BCUT2D eigenvalue weighted by Gasteiger charge is 2.18. The summed E-state index contributed by atoms with van der Waals surface area (Å²) in [5.41, 5.74) is 11.3. The number of thiophene rings is 2. The Labute approximate surface area is 323 Å². The molecule has 4 aromatic carbocycles. The molecule has 5 heterocycles. The Balaban J connectivity index is 0.993. The van der Waals surface area contributed by atoms with Crippen LogP contribution in [0.5, 0.6) is 0 Å². The fourth-order valence-corrected chi connectivity index (χ4v) is 8.95. The molecule has 0 saturated heterocycles. The standard InChI is InChI=1S/C47H35N5S2/c1-50-42(34-16-20-38(21-17-34)51(40-14-8-30-48-32-40)46-28-26-44(53-46)36-10-4-2-5-11-36)24-25-43(50)35-18-22-39(23-19-35)52(41-15-9-31-49-33-41)47-29-27-45(54-47)37-12-6-3-7-13-37/h2-33H,1H3. The molecule has 9 rings (SSSR count). The van der Waals surface area contributed by atoms with E-state index in [0.29, 0.717) is 0 Å². The van der Waals surface area contributed by atoms with Gasteiger partial charge in [-0.2, -0.15) is 0 Å². The summed E-state index contributed by atoms with van der Waals surface area (Å²) in [6.45, 7) is 0. The maximum absolute atomic E-state index is 4.44. The lowest BCUT2D eigenvalue weighted by Crippen LogP contribution is -2.08. The van der Waals surface area contributed by atoms with Crippen molar-refractivity contribution >= 4 is 55.4 Å². The minimum atomic E-state index is 1.02. The van der Waals surface area contributed by atoms with Crippen molar-refractivity contribution in [2.75, 3.05) is 9.80 Å². The molecule has 0 aliphatic heterocycles. The lowest BCUT2D eigenvalue weighted by molar-refractivity contribution is 0.946. The molecule has 0 aliphatic carbocycles. The molecule has 9 aromatic rings. The van der Waals surface area contributed by atoms with Crippen LogP contribution in [0.4, 0.5) is 32.8 Å². The highest BCUT2D eigenvalue weighted by Crippen LogP contribution is 2.44. The number of anilines is 6. The second kappa shape index (κ2) is 14.8. The zero-order valence-electron chi connectivity index (χ0n) is 29.5. The van der Waals surface area contributed by atoms with Crippen molar-refractivity contribution in [3.05, 3.63) is 195 Å². The Morgan fingerprint density at radius 2 is 0.815 bits per heavy atom. The first kappa shape index (κ1) is 33.3. The molecule has 0 bridgehead atoms. The van der Waals surface area contributed by atoms with Gasteiger partial charge in [-0.25, -0.2) is 0 Å². The van der Waals surface area contributed by atoms with Gasteiger partial charge in [-0.1, -0.05) is 84.9 Å². The second-order valence-corrected chi connectivity index (χ2v) is 15.0. The molecule has 0 atom stereocenters.